The Labute approximate surface area is 111 Å². The zero-order valence-corrected chi connectivity index (χ0v) is 11.1. The van der Waals surface area contributed by atoms with Crippen molar-refractivity contribution < 1.29 is 23.8 Å². The quantitative estimate of drug-likeness (QED) is 0.614. The van der Waals surface area contributed by atoms with Gasteiger partial charge >= 0.3 is 11.9 Å². The Morgan fingerprint density at radius 3 is 2.32 bits per heavy atom. The molecule has 0 radical (unpaired) electrons. The van der Waals surface area contributed by atoms with E-state index in [9.17, 15) is 9.59 Å². The Morgan fingerprint density at radius 1 is 1.16 bits per heavy atom. The molecule has 1 aromatic rings. The summed E-state index contributed by atoms with van der Waals surface area (Å²) in [4.78, 5) is 23.7. The molecule has 1 aliphatic rings. The maximum Gasteiger partial charge on any atom is 0.323 e. The second-order valence-electron chi connectivity index (χ2n) is 4.81. The normalized spacial score (nSPS) is 18.7. The van der Waals surface area contributed by atoms with Gasteiger partial charge in [0.15, 0.2) is 5.92 Å². The van der Waals surface area contributed by atoms with Crippen molar-refractivity contribution in [3.8, 4) is 5.75 Å². The van der Waals surface area contributed by atoms with E-state index < -0.39 is 23.6 Å². The predicted molar refractivity (Wildman–Crippen MR) is 66.5 cm³/mol. The molecule has 0 spiro atoms. The molecular weight excluding hydrogens is 248 g/mol. The summed E-state index contributed by atoms with van der Waals surface area (Å²) in [6.07, 6.45) is 0.206. The van der Waals surface area contributed by atoms with Crippen LogP contribution in [0.2, 0.25) is 0 Å². The SMILES string of the molecule is COc1ccccc1CC1C(=O)OC(C)(C)OC1=O. The van der Waals surface area contributed by atoms with Crippen LogP contribution in [-0.4, -0.2) is 24.8 Å². The number of esters is 2. The minimum absolute atomic E-state index is 0.206. The molecule has 19 heavy (non-hydrogen) atoms. The van der Waals surface area contributed by atoms with Crippen molar-refractivity contribution >= 4 is 11.9 Å². The molecule has 1 aromatic carbocycles. The zero-order chi connectivity index (χ0) is 14.0. The molecule has 0 saturated carbocycles. The Balaban J connectivity index is 2.19. The molecule has 0 amide bonds. The summed E-state index contributed by atoms with van der Waals surface area (Å²) >= 11 is 0. The number of cyclic esters (lactones) is 2. The molecule has 0 atom stereocenters. The van der Waals surface area contributed by atoms with Gasteiger partial charge in [-0.25, -0.2) is 0 Å². The largest absolute Gasteiger partial charge is 0.496 e. The number of carbonyl (C=O) groups is 2. The first-order valence-electron chi connectivity index (χ1n) is 6.00. The van der Waals surface area contributed by atoms with Gasteiger partial charge in [-0.3, -0.25) is 9.59 Å². The van der Waals surface area contributed by atoms with E-state index in [0.717, 1.165) is 5.56 Å². The molecule has 0 unspecified atom stereocenters. The van der Waals surface area contributed by atoms with Gasteiger partial charge in [-0.2, -0.15) is 0 Å². The van der Waals surface area contributed by atoms with Crippen LogP contribution in [0.15, 0.2) is 24.3 Å². The van der Waals surface area contributed by atoms with Gasteiger partial charge < -0.3 is 14.2 Å². The van der Waals surface area contributed by atoms with E-state index in [1.165, 1.54) is 13.8 Å². The van der Waals surface area contributed by atoms with Crippen LogP contribution in [0.4, 0.5) is 0 Å². The third-order valence-electron chi connectivity index (χ3n) is 2.88. The Bertz CT molecular complexity index is 486. The highest BCUT2D eigenvalue weighted by atomic mass is 16.7. The number of hydrogen-bond acceptors (Lipinski definition) is 5. The minimum Gasteiger partial charge on any atom is -0.496 e. The van der Waals surface area contributed by atoms with Crippen molar-refractivity contribution in [3.63, 3.8) is 0 Å². The molecule has 0 aliphatic carbocycles. The summed E-state index contributed by atoms with van der Waals surface area (Å²) in [7, 11) is 1.54. The highest BCUT2D eigenvalue weighted by Crippen LogP contribution is 2.28. The van der Waals surface area contributed by atoms with Crippen molar-refractivity contribution in [2.45, 2.75) is 26.1 Å². The number of hydrogen-bond donors (Lipinski definition) is 0. The molecule has 0 bridgehead atoms. The average Bonchev–Trinajstić information content (AvgIpc) is 2.33. The van der Waals surface area contributed by atoms with Crippen molar-refractivity contribution in [3.05, 3.63) is 29.8 Å². The lowest BCUT2D eigenvalue weighted by molar-refractivity contribution is -0.239. The van der Waals surface area contributed by atoms with E-state index in [0.29, 0.717) is 5.75 Å². The van der Waals surface area contributed by atoms with Gasteiger partial charge in [0.05, 0.1) is 7.11 Å². The number of carbonyl (C=O) groups excluding carboxylic acids is 2. The monoisotopic (exact) mass is 264 g/mol. The second kappa shape index (κ2) is 4.91. The van der Waals surface area contributed by atoms with Crippen molar-refractivity contribution in [2.75, 3.05) is 7.11 Å². The molecule has 2 rings (SSSR count). The van der Waals surface area contributed by atoms with Gasteiger partial charge in [-0.1, -0.05) is 18.2 Å². The Kier molecular flexibility index (Phi) is 3.46. The molecule has 0 N–H and O–H groups in total. The van der Waals surface area contributed by atoms with E-state index in [-0.39, 0.29) is 6.42 Å². The summed E-state index contributed by atoms with van der Waals surface area (Å²) in [5, 5.41) is 0. The van der Waals surface area contributed by atoms with Crippen LogP contribution in [0.1, 0.15) is 19.4 Å². The van der Waals surface area contributed by atoms with E-state index in [2.05, 4.69) is 0 Å². The van der Waals surface area contributed by atoms with Crippen molar-refractivity contribution in [2.24, 2.45) is 5.92 Å². The van der Waals surface area contributed by atoms with Gasteiger partial charge in [0.25, 0.3) is 5.79 Å². The summed E-state index contributed by atoms with van der Waals surface area (Å²) in [5.41, 5.74) is 0.767. The molecule has 102 valence electrons. The molecule has 5 nitrogen and oxygen atoms in total. The standard InChI is InChI=1S/C14H16O5/c1-14(2)18-12(15)10(13(16)19-14)8-9-6-4-5-7-11(9)17-3/h4-7,10H,8H2,1-3H3. The fourth-order valence-corrected chi connectivity index (χ4v) is 2.00. The molecule has 5 heteroatoms. The summed E-state index contributed by atoms with van der Waals surface area (Å²) in [5.74, 6) is -2.62. The predicted octanol–water partition coefficient (Wildman–Crippen LogP) is 1.69. The summed E-state index contributed by atoms with van der Waals surface area (Å²) < 4.78 is 15.4. The molecule has 1 aliphatic heterocycles. The summed E-state index contributed by atoms with van der Waals surface area (Å²) in [6.45, 7) is 3.06. The fraction of sp³-hybridized carbons (Fsp3) is 0.429. The highest BCUT2D eigenvalue weighted by Gasteiger charge is 2.43. The average molecular weight is 264 g/mol. The lowest BCUT2D eigenvalue weighted by Crippen LogP contribution is -2.46. The number of para-hydroxylation sites is 1. The number of benzene rings is 1. The Morgan fingerprint density at radius 2 is 1.74 bits per heavy atom. The van der Waals surface area contributed by atoms with E-state index >= 15 is 0 Å². The number of rotatable bonds is 3. The fourth-order valence-electron chi connectivity index (χ4n) is 2.00. The Hall–Kier alpha value is -2.04. The zero-order valence-electron chi connectivity index (χ0n) is 11.1. The third kappa shape index (κ3) is 2.86. The van der Waals surface area contributed by atoms with Crippen LogP contribution >= 0.6 is 0 Å². The molecule has 1 fully saturated rings. The number of methoxy groups -OCH3 is 1. The van der Waals surface area contributed by atoms with Crippen LogP contribution in [0.25, 0.3) is 0 Å². The summed E-state index contributed by atoms with van der Waals surface area (Å²) in [6, 6.07) is 7.22. The first-order valence-corrected chi connectivity index (χ1v) is 6.00. The third-order valence-corrected chi connectivity index (χ3v) is 2.88. The van der Waals surface area contributed by atoms with Crippen molar-refractivity contribution in [1.29, 1.82) is 0 Å². The topological polar surface area (TPSA) is 61.8 Å². The number of ether oxygens (including phenoxy) is 3. The van der Waals surface area contributed by atoms with Crippen LogP contribution < -0.4 is 4.74 Å². The van der Waals surface area contributed by atoms with Crippen molar-refractivity contribution in [1.82, 2.24) is 0 Å². The molecule has 0 aromatic heterocycles. The van der Waals surface area contributed by atoms with Crippen LogP contribution in [0, 0.1) is 5.92 Å². The van der Waals surface area contributed by atoms with E-state index in [1.807, 2.05) is 12.1 Å². The molecule has 1 saturated heterocycles. The minimum atomic E-state index is -1.19. The van der Waals surface area contributed by atoms with Crippen LogP contribution in [0.3, 0.4) is 0 Å². The molecule has 1 heterocycles. The maximum atomic E-state index is 11.9. The highest BCUT2D eigenvalue weighted by molar-refractivity contribution is 5.97. The van der Waals surface area contributed by atoms with Crippen LogP contribution in [0.5, 0.6) is 5.75 Å². The second-order valence-corrected chi connectivity index (χ2v) is 4.81. The lowest BCUT2D eigenvalue weighted by Gasteiger charge is -2.33. The van der Waals surface area contributed by atoms with Gasteiger partial charge in [-0.15, -0.1) is 0 Å². The van der Waals surface area contributed by atoms with Gasteiger partial charge in [0.1, 0.15) is 5.75 Å². The lowest BCUT2D eigenvalue weighted by atomic mass is 9.97. The first kappa shape index (κ1) is 13.4. The van der Waals surface area contributed by atoms with E-state index in [1.54, 1.807) is 19.2 Å². The van der Waals surface area contributed by atoms with Crippen LogP contribution in [-0.2, 0) is 25.5 Å². The smallest absolute Gasteiger partial charge is 0.323 e. The first-order chi connectivity index (χ1) is 8.93. The van der Waals surface area contributed by atoms with E-state index in [4.69, 9.17) is 14.2 Å². The molecular formula is C14H16O5. The van der Waals surface area contributed by atoms with Gasteiger partial charge in [-0.05, 0) is 18.1 Å². The van der Waals surface area contributed by atoms with Gasteiger partial charge in [0.2, 0.25) is 0 Å². The maximum absolute atomic E-state index is 11.9. The van der Waals surface area contributed by atoms with Gasteiger partial charge in [0, 0.05) is 13.8 Å².